The van der Waals surface area contributed by atoms with Gasteiger partial charge in [0.05, 0.1) is 13.7 Å². The molecule has 0 unspecified atom stereocenters. The molecule has 0 radical (unpaired) electrons. The molecule has 3 rings (SSSR count). The lowest BCUT2D eigenvalue weighted by Crippen LogP contribution is -2.43. The van der Waals surface area contributed by atoms with Gasteiger partial charge in [-0.25, -0.2) is 0 Å². The number of halogens is 1. The fourth-order valence-corrected chi connectivity index (χ4v) is 4.34. The van der Waals surface area contributed by atoms with Gasteiger partial charge in [-0.3, -0.25) is 9.59 Å². The number of carbonyl (C=O) groups is 2. The minimum Gasteiger partial charge on any atom is -0.497 e. The summed E-state index contributed by atoms with van der Waals surface area (Å²) in [6.45, 7) is 6.64. The van der Waals surface area contributed by atoms with E-state index in [9.17, 15) is 9.59 Å². The molecule has 2 aromatic carbocycles. The number of rotatable bonds is 13. The monoisotopic (exact) mass is 553 g/mol. The summed E-state index contributed by atoms with van der Waals surface area (Å²) >= 11 is 3.49. The molecule has 6 nitrogen and oxygen atoms in total. The van der Waals surface area contributed by atoms with Crippen LogP contribution in [0.1, 0.15) is 54.7 Å². The molecular formula is C29H36BrN3O3. The van der Waals surface area contributed by atoms with Crippen molar-refractivity contribution in [3.05, 3.63) is 88.2 Å². The van der Waals surface area contributed by atoms with E-state index in [1.807, 2.05) is 30.0 Å². The number of aromatic nitrogens is 1. The van der Waals surface area contributed by atoms with Crippen LogP contribution in [0.5, 0.6) is 5.75 Å². The van der Waals surface area contributed by atoms with Crippen LogP contribution in [0.15, 0.2) is 71.3 Å². The summed E-state index contributed by atoms with van der Waals surface area (Å²) in [6.07, 6.45) is 4.74. The van der Waals surface area contributed by atoms with E-state index in [-0.39, 0.29) is 18.4 Å². The molecule has 0 spiro atoms. The zero-order valence-corrected chi connectivity index (χ0v) is 23.0. The molecule has 0 saturated carbocycles. The van der Waals surface area contributed by atoms with Gasteiger partial charge in [0.15, 0.2) is 0 Å². The van der Waals surface area contributed by atoms with Crippen LogP contribution in [0.2, 0.25) is 0 Å². The van der Waals surface area contributed by atoms with Crippen LogP contribution >= 0.6 is 15.9 Å². The van der Waals surface area contributed by atoms with Crippen molar-refractivity contribution in [2.45, 2.75) is 46.2 Å². The van der Waals surface area contributed by atoms with Gasteiger partial charge in [-0.2, -0.15) is 0 Å². The molecule has 0 bridgehead atoms. The van der Waals surface area contributed by atoms with Gasteiger partial charge in [0.25, 0.3) is 5.91 Å². The van der Waals surface area contributed by atoms with Crippen LogP contribution < -0.4 is 4.74 Å². The Morgan fingerprint density at radius 3 is 2.28 bits per heavy atom. The first-order valence-electron chi connectivity index (χ1n) is 12.5. The maximum Gasteiger partial charge on any atom is 0.254 e. The fraction of sp³-hybridized carbons (Fsp3) is 0.379. The molecule has 192 valence electrons. The Balaban J connectivity index is 1.73. The first kappa shape index (κ1) is 27.5. The molecule has 3 aromatic rings. The molecule has 1 heterocycles. The third-order valence-electron chi connectivity index (χ3n) is 6.12. The second-order valence-electron chi connectivity index (χ2n) is 8.88. The lowest BCUT2D eigenvalue weighted by Gasteiger charge is -2.28. The Bertz CT molecular complexity index is 1110. The first-order chi connectivity index (χ1) is 17.4. The summed E-state index contributed by atoms with van der Waals surface area (Å²) in [5.41, 5.74) is 2.83. The van der Waals surface area contributed by atoms with Gasteiger partial charge in [0, 0.05) is 41.6 Å². The third-order valence-corrected chi connectivity index (χ3v) is 6.65. The second-order valence-corrected chi connectivity index (χ2v) is 9.79. The van der Waals surface area contributed by atoms with Crippen molar-refractivity contribution >= 4 is 27.7 Å². The minimum atomic E-state index is -0.137. The van der Waals surface area contributed by atoms with Gasteiger partial charge in [-0.1, -0.05) is 48.3 Å². The Hall–Kier alpha value is -3.06. The largest absolute Gasteiger partial charge is 0.497 e. The zero-order chi connectivity index (χ0) is 25.9. The third kappa shape index (κ3) is 7.72. The van der Waals surface area contributed by atoms with Gasteiger partial charge in [0.2, 0.25) is 5.91 Å². The van der Waals surface area contributed by atoms with Crippen LogP contribution in [0.3, 0.4) is 0 Å². The normalized spacial score (nSPS) is 10.8. The number of hydrogen-bond donors (Lipinski definition) is 0. The van der Waals surface area contributed by atoms with Crippen molar-refractivity contribution in [2.24, 2.45) is 0 Å². The second kappa shape index (κ2) is 13.9. The summed E-state index contributed by atoms with van der Waals surface area (Å²) in [5.74, 6) is 0.526. The molecule has 7 heteroatoms. The molecule has 0 N–H and O–H groups in total. The number of hydrogen-bond acceptors (Lipinski definition) is 3. The number of unbranched alkanes of at least 4 members (excludes halogenated alkanes) is 1. The summed E-state index contributed by atoms with van der Waals surface area (Å²) < 4.78 is 8.44. The van der Waals surface area contributed by atoms with Crippen LogP contribution in [-0.2, 0) is 17.9 Å². The Kier molecular flexibility index (Phi) is 10.6. The molecule has 1 aromatic heterocycles. The standard InChI is InChI=1S/C29H36BrN3O3/c1-4-6-18-32(21-26-8-7-19-31(26)20-23-9-13-25(30)14-10-23)28(34)22-33(17-5-2)29(35)24-11-15-27(36-3)16-12-24/h7-16,19H,4-6,17-18,20-22H2,1-3H3. The fourth-order valence-electron chi connectivity index (χ4n) is 4.07. The maximum atomic E-state index is 13.5. The molecule has 0 aliphatic rings. The van der Waals surface area contributed by atoms with Gasteiger partial charge in [-0.05, 0) is 66.9 Å². The van der Waals surface area contributed by atoms with Gasteiger partial charge in [0.1, 0.15) is 12.3 Å². The van der Waals surface area contributed by atoms with E-state index in [1.165, 1.54) is 5.56 Å². The highest BCUT2D eigenvalue weighted by Gasteiger charge is 2.22. The lowest BCUT2D eigenvalue weighted by molar-refractivity contribution is -0.132. The quantitative estimate of drug-likeness (QED) is 0.261. The molecule has 0 aliphatic carbocycles. The maximum absolute atomic E-state index is 13.5. The summed E-state index contributed by atoms with van der Waals surface area (Å²) in [6, 6.07) is 19.4. The van der Waals surface area contributed by atoms with E-state index in [1.54, 1.807) is 36.3 Å². The van der Waals surface area contributed by atoms with Crippen LogP contribution in [0, 0.1) is 0 Å². The lowest BCUT2D eigenvalue weighted by atomic mass is 10.2. The topological polar surface area (TPSA) is 54.8 Å². The van der Waals surface area contributed by atoms with Crippen molar-refractivity contribution in [3.8, 4) is 5.75 Å². The molecule has 0 atom stereocenters. The number of ether oxygens (including phenoxy) is 1. The molecule has 0 saturated heterocycles. The van der Waals surface area contributed by atoms with Gasteiger partial charge < -0.3 is 19.1 Å². The van der Waals surface area contributed by atoms with E-state index in [0.29, 0.717) is 30.9 Å². The van der Waals surface area contributed by atoms with E-state index in [0.717, 1.165) is 36.0 Å². The van der Waals surface area contributed by atoms with Crippen LogP contribution in [-0.4, -0.2) is 52.9 Å². The van der Waals surface area contributed by atoms with Crippen molar-refractivity contribution in [1.82, 2.24) is 14.4 Å². The molecule has 2 amide bonds. The average molecular weight is 555 g/mol. The number of methoxy groups -OCH3 is 1. The highest BCUT2D eigenvalue weighted by atomic mass is 79.9. The predicted molar refractivity (Wildman–Crippen MR) is 147 cm³/mol. The van der Waals surface area contributed by atoms with Gasteiger partial charge in [-0.15, -0.1) is 0 Å². The van der Waals surface area contributed by atoms with E-state index in [2.05, 4.69) is 51.8 Å². The van der Waals surface area contributed by atoms with E-state index >= 15 is 0 Å². The summed E-state index contributed by atoms with van der Waals surface area (Å²) in [5, 5.41) is 0. The van der Waals surface area contributed by atoms with E-state index in [4.69, 9.17) is 4.74 Å². The van der Waals surface area contributed by atoms with Crippen molar-refractivity contribution < 1.29 is 14.3 Å². The highest BCUT2D eigenvalue weighted by Crippen LogP contribution is 2.16. The van der Waals surface area contributed by atoms with Gasteiger partial charge >= 0.3 is 0 Å². The zero-order valence-electron chi connectivity index (χ0n) is 21.5. The van der Waals surface area contributed by atoms with Crippen molar-refractivity contribution in [2.75, 3.05) is 26.7 Å². The number of amides is 2. The minimum absolute atomic E-state index is 0.0323. The predicted octanol–water partition coefficient (Wildman–Crippen LogP) is 5.99. The number of benzene rings is 2. The van der Waals surface area contributed by atoms with Crippen molar-refractivity contribution in [1.29, 1.82) is 0 Å². The summed E-state index contributed by atoms with van der Waals surface area (Å²) in [4.78, 5) is 30.3. The van der Waals surface area contributed by atoms with Crippen LogP contribution in [0.4, 0.5) is 0 Å². The first-order valence-corrected chi connectivity index (χ1v) is 13.3. The van der Waals surface area contributed by atoms with E-state index < -0.39 is 0 Å². The number of nitrogens with zero attached hydrogens (tertiary/aromatic N) is 3. The number of carbonyl (C=O) groups excluding carboxylic acids is 2. The molecule has 36 heavy (non-hydrogen) atoms. The molecular weight excluding hydrogens is 518 g/mol. The molecule has 0 aliphatic heterocycles. The smallest absolute Gasteiger partial charge is 0.254 e. The Labute approximate surface area is 223 Å². The Morgan fingerprint density at radius 1 is 0.917 bits per heavy atom. The summed E-state index contributed by atoms with van der Waals surface area (Å²) in [7, 11) is 1.60. The highest BCUT2D eigenvalue weighted by molar-refractivity contribution is 9.10. The SMILES string of the molecule is CCCCN(Cc1cccn1Cc1ccc(Br)cc1)C(=O)CN(CCC)C(=O)c1ccc(OC)cc1. The van der Waals surface area contributed by atoms with Crippen LogP contribution in [0.25, 0.3) is 0 Å². The average Bonchev–Trinajstić information content (AvgIpc) is 3.33. The van der Waals surface area contributed by atoms with Crippen molar-refractivity contribution in [3.63, 3.8) is 0 Å². The Morgan fingerprint density at radius 2 is 1.64 bits per heavy atom. The molecule has 0 fully saturated rings.